The molecular weight excluding hydrogens is 480 g/mol. The van der Waals surface area contributed by atoms with E-state index in [4.69, 9.17) is 18.9 Å². The summed E-state index contributed by atoms with van der Waals surface area (Å²) >= 11 is 0. The first-order valence-electron chi connectivity index (χ1n) is 13.7. The molecule has 0 amide bonds. The van der Waals surface area contributed by atoms with Crippen LogP contribution in [0.2, 0.25) is 0 Å². The van der Waals surface area contributed by atoms with E-state index in [1.807, 2.05) is 24.3 Å². The van der Waals surface area contributed by atoms with Crippen molar-refractivity contribution in [1.29, 1.82) is 0 Å². The fourth-order valence-corrected chi connectivity index (χ4v) is 5.21. The van der Waals surface area contributed by atoms with Crippen molar-refractivity contribution in [1.82, 2.24) is 0 Å². The van der Waals surface area contributed by atoms with E-state index < -0.39 is 0 Å². The van der Waals surface area contributed by atoms with Gasteiger partial charge in [-0.2, -0.15) is 0 Å². The van der Waals surface area contributed by atoms with E-state index in [0.717, 1.165) is 57.3 Å². The quantitative estimate of drug-likeness (QED) is 0.179. The minimum atomic E-state index is 0.133. The molecule has 38 heavy (non-hydrogen) atoms. The van der Waals surface area contributed by atoms with Crippen LogP contribution in [0.15, 0.2) is 36.4 Å². The molecule has 0 radical (unpaired) electrons. The number of benzene rings is 4. The third kappa shape index (κ3) is 4.03. The van der Waals surface area contributed by atoms with Crippen LogP contribution in [0.3, 0.4) is 0 Å². The molecule has 4 aromatic rings. The summed E-state index contributed by atoms with van der Waals surface area (Å²) in [5.41, 5.74) is 0. The highest BCUT2D eigenvalue weighted by Crippen LogP contribution is 2.50. The molecule has 0 spiro atoms. The van der Waals surface area contributed by atoms with Gasteiger partial charge in [-0.3, -0.25) is 0 Å². The monoisotopic (exact) mass is 516 g/mol. The zero-order valence-electron chi connectivity index (χ0n) is 22.6. The molecule has 5 rings (SSSR count). The molecule has 1 aliphatic carbocycles. The lowest BCUT2D eigenvalue weighted by Gasteiger charge is -2.24. The van der Waals surface area contributed by atoms with Gasteiger partial charge in [0.15, 0.2) is 0 Å². The Morgan fingerprint density at radius 1 is 0.474 bits per heavy atom. The first-order chi connectivity index (χ1) is 18.6. The first kappa shape index (κ1) is 25.8. The molecule has 0 heterocycles. The second kappa shape index (κ2) is 10.9. The maximum absolute atomic E-state index is 11.1. The minimum Gasteiger partial charge on any atom is -0.507 e. The molecule has 0 aromatic heterocycles. The van der Waals surface area contributed by atoms with Crippen LogP contribution < -0.4 is 18.9 Å². The summed E-state index contributed by atoms with van der Waals surface area (Å²) in [5.74, 6) is 2.87. The third-order valence-electron chi connectivity index (χ3n) is 6.74. The Bertz CT molecular complexity index is 1570. The zero-order chi connectivity index (χ0) is 26.8. The van der Waals surface area contributed by atoms with Crippen molar-refractivity contribution in [3.05, 3.63) is 57.3 Å². The molecule has 2 N–H and O–H groups in total. The Labute approximate surface area is 222 Å². The van der Waals surface area contributed by atoms with Crippen LogP contribution in [0.25, 0.3) is 21.5 Å². The lowest BCUT2D eigenvalue weighted by Crippen LogP contribution is -2.10. The van der Waals surface area contributed by atoms with Gasteiger partial charge in [0, 0.05) is 31.6 Å². The highest BCUT2D eigenvalue weighted by Gasteiger charge is 2.28. The van der Waals surface area contributed by atoms with E-state index in [-0.39, 0.29) is 11.5 Å². The lowest BCUT2D eigenvalue weighted by molar-refractivity contribution is 0.300. The summed E-state index contributed by atoms with van der Waals surface area (Å²) in [7, 11) is 0. The lowest BCUT2D eigenvalue weighted by atomic mass is 9.90. The minimum absolute atomic E-state index is 0.133. The fraction of sp³-hybridized carbons (Fsp3) is 0.375. The summed E-state index contributed by atoms with van der Waals surface area (Å²) in [4.78, 5) is 0. The fourth-order valence-electron chi connectivity index (χ4n) is 5.21. The second-order valence-corrected chi connectivity index (χ2v) is 9.61. The van der Waals surface area contributed by atoms with Gasteiger partial charge >= 0.3 is 0 Å². The average molecular weight is 517 g/mol. The van der Waals surface area contributed by atoms with Crippen molar-refractivity contribution < 1.29 is 29.2 Å². The smallest absolute Gasteiger partial charge is 0.139 e. The van der Waals surface area contributed by atoms with Crippen LogP contribution in [-0.2, 0) is 0 Å². The maximum atomic E-state index is 11.1. The normalized spacial score (nSPS) is 11.7. The molecule has 0 aliphatic heterocycles. The Hall–Kier alpha value is -3.80. The van der Waals surface area contributed by atoms with Gasteiger partial charge in [0.1, 0.15) is 34.5 Å². The summed E-state index contributed by atoms with van der Waals surface area (Å²) in [6, 6.07) is 10.9. The Balaban J connectivity index is 2.09. The van der Waals surface area contributed by atoms with Crippen LogP contribution >= 0.6 is 0 Å². The summed E-state index contributed by atoms with van der Waals surface area (Å²) in [5, 5.41) is 28.4. The number of rotatable bonds is 12. The molecule has 6 heteroatoms. The maximum Gasteiger partial charge on any atom is 0.139 e. The van der Waals surface area contributed by atoms with Crippen LogP contribution in [0.1, 0.15) is 53.4 Å². The molecule has 6 nitrogen and oxygen atoms in total. The van der Waals surface area contributed by atoms with E-state index in [0.29, 0.717) is 60.2 Å². The molecule has 0 bridgehead atoms. The van der Waals surface area contributed by atoms with Gasteiger partial charge in [0.25, 0.3) is 0 Å². The van der Waals surface area contributed by atoms with Crippen LogP contribution in [0, 0.1) is 20.9 Å². The van der Waals surface area contributed by atoms with Crippen molar-refractivity contribution in [3.8, 4) is 34.5 Å². The highest BCUT2D eigenvalue weighted by atomic mass is 16.5. The standard InChI is InChI=1S/C32H36O6/c1-5-15-35-29-19-11-9-13-21(33)23(19)31(37-17-7-3)27-25(29)26-28(27)32(38-18-8-4)24-20(12-10-14-22(24)34)30(26)36-16-6-2/h9-14,33-34H,5-8,15-18H2,1-4H3. The topological polar surface area (TPSA) is 77.4 Å². The van der Waals surface area contributed by atoms with Crippen molar-refractivity contribution >= 4 is 21.5 Å². The van der Waals surface area contributed by atoms with Gasteiger partial charge in [0.2, 0.25) is 0 Å². The van der Waals surface area contributed by atoms with Gasteiger partial charge < -0.3 is 29.2 Å². The molecule has 1 aliphatic rings. The van der Waals surface area contributed by atoms with Crippen LogP contribution in [-0.4, -0.2) is 36.6 Å². The predicted molar refractivity (Wildman–Crippen MR) is 150 cm³/mol. The Morgan fingerprint density at radius 2 is 0.789 bits per heavy atom. The number of ether oxygens (including phenoxy) is 4. The first-order valence-corrected chi connectivity index (χ1v) is 13.7. The van der Waals surface area contributed by atoms with Gasteiger partial charge in [-0.05, 0) is 37.8 Å². The summed E-state index contributed by atoms with van der Waals surface area (Å²) < 4.78 is 25.6. The second-order valence-electron chi connectivity index (χ2n) is 9.61. The molecule has 0 unspecified atom stereocenters. The SMILES string of the molecule is CCCOc1c2c(c(OCCC)c3c(O)cccc13)=c1c(OCCC)c3c(O)cccc3c(OCCC)c1=2. The zero-order valence-corrected chi connectivity index (χ0v) is 22.6. The summed E-state index contributed by atoms with van der Waals surface area (Å²) in [6.45, 7) is 10.3. The molecule has 4 aromatic carbocycles. The molecule has 0 saturated carbocycles. The number of aromatic hydroxyl groups is 2. The van der Waals surface area contributed by atoms with Crippen molar-refractivity contribution in [2.45, 2.75) is 53.4 Å². The number of hydrogen-bond acceptors (Lipinski definition) is 6. The number of phenolic OH excluding ortho intramolecular Hbond substituents is 2. The average Bonchev–Trinajstić information content (AvgIpc) is 2.91. The number of phenols is 2. The van der Waals surface area contributed by atoms with Gasteiger partial charge in [-0.25, -0.2) is 0 Å². The highest BCUT2D eigenvalue weighted by molar-refractivity contribution is 6.02. The summed E-state index contributed by atoms with van der Waals surface area (Å²) in [6.07, 6.45) is 3.30. The molecule has 0 atom stereocenters. The Morgan fingerprint density at radius 3 is 1.13 bits per heavy atom. The predicted octanol–water partition coefficient (Wildman–Crippen LogP) is 7.45. The van der Waals surface area contributed by atoms with E-state index >= 15 is 0 Å². The van der Waals surface area contributed by atoms with E-state index in [2.05, 4.69) is 27.7 Å². The van der Waals surface area contributed by atoms with Crippen LogP contribution in [0.4, 0.5) is 0 Å². The van der Waals surface area contributed by atoms with Crippen molar-refractivity contribution in [2.75, 3.05) is 26.4 Å². The van der Waals surface area contributed by atoms with E-state index in [1.54, 1.807) is 12.1 Å². The Kier molecular flexibility index (Phi) is 7.41. The van der Waals surface area contributed by atoms with Crippen molar-refractivity contribution in [3.63, 3.8) is 0 Å². The largest absolute Gasteiger partial charge is 0.507 e. The molecule has 0 saturated heterocycles. The molecular formula is C32H36O6. The van der Waals surface area contributed by atoms with Gasteiger partial charge in [-0.1, -0.05) is 52.0 Å². The van der Waals surface area contributed by atoms with Crippen LogP contribution in [0.5, 0.6) is 34.5 Å². The van der Waals surface area contributed by atoms with E-state index in [9.17, 15) is 10.2 Å². The van der Waals surface area contributed by atoms with E-state index in [1.165, 1.54) is 0 Å². The molecule has 0 fully saturated rings. The third-order valence-corrected chi connectivity index (χ3v) is 6.74. The van der Waals surface area contributed by atoms with Gasteiger partial charge in [-0.15, -0.1) is 0 Å². The number of hydrogen-bond donors (Lipinski definition) is 2. The van der Waals surface area contributed by atoms with Gasteiger partial charge in [0.05, 0.1) is 37.2 Å². The number of fused-ring (bicyclic) bond motifs is 4. The molecule has 200 valence electrons. The van der Waals surface area contributed by atoms with Crippen molar-refractivity contribution in [2.24, 2.45) is 0 Å².